The minimum absolute atomic E-state index is 0.0119. The van der Waals surface area contributed by atoms with E-state index in [-0.39, 0.29) is 16.3 Å². The topological polar surface area (TPSA) is 75.7 Å². The predicted octanol–water partition coefficient (Wildman–Crippen LogP) is 3.38. The minimum atomic E-state index is -4.07. The highest BCUT2D eigenvalue weighted by Gasteiger charge is 2.29. The molecule has 0 heterocycles. The van der Waals surface area contributed by atoms with Gasteiger partial charge in [0.15, 0.2) is 5.82 Å². The van der Waals surface area contributed by atoms with E-state index in [0.717, 1.165) is 10.4 Å². The summed E-state index contributed by atoms with van der Waals surface area (Å²) in [6.45, 7) is 6.33. The second-order valence-corrected chi connectivity index (χ2v) is 8.58. The molecule has 130 valence electrons. The van der Waals surface area contributed by atoms with E-state index in [2.05, 4.69) is 5.32 Å². The average Bonchev–Trinajstić information content (AvgIpc) is 2.33. The zero-order chi connectivity index (χ0) is 18.2. The van der Waals surface area contributed by atoms with Crippen molar-refractivity contribution in [2.75, 3.05) is 19.4 Å². The van der Waals surface area contributed by atoms with E-state index >= 15 is 0 Å². The molecule has 0 aromatic heterocycles. The first-order valence-corrected chi connectivity index (χ1v) is 8.50. The van der Waals surface area contributed by atoms with Gasteiger partial charge >= 0.3 is 6.09 Å². The number of sulfonamides is 1. The number of nitrogens with zero attached hydrogens (tertiary/aromatic N) is 1. The molecule has 9 heteroatoms. The summed E-state index contributed by atoms with van der Waals surface area (Å²) in [6.07, 6.45) is -0.912. The average molecular weight is 367 g/mol. The normalized spacial score (nSPS) is 12.4. The number of carbonyl (C=O) groups is 1. The van der Waals surface area contributed by atoms with Crippen LogP contribution in [0.3, 0.4) is 0 Å². The summed E-state index contributed by atoms with van der Waals surface area (Å²) in [5.74, 6) is -1.09. The number of nitrogens with one attached hydrogen (secondary N) is 1. The summed E-state index contributed by atoms with van der Waals surface area (Å²) < 4.78 is 45.1. The minimum Gasteiger partial charge on any atom is -0.444 e. The molecule has 0 fully saturated rings. The van der Waals surface area contributed by atoms with Crippen LogP contribution < -0.4 is 5.32 Å². The number of carbonyl (C=O) groups excluding carboxylic acids is 1. The van der Waals surface area contributed by atoms with Crippen molar-refractivity contribution in [3.63, 3.8) is 0 Å². The molecule has 1 rings (SSSR count). The molecule has 0 aliphatic rings. The second-order valence-electron chi connectivity index (χ2n) is 6.09. The Morgan fingerprint density at radius 3 is 2.30 bits per heavy atom. The third-order valence-electron chi connectivity index (χ3n) is 2.78. The predicted molar refractivity (Wildman–Crippen MR) is 86.9 cm³/mol. The lowest BCUT2D eigenvalue weighted by Gasteiger charge is -2.21. The summed E-state index contributed by atoms with van der Waals surface area (Å²) in [7, 11) is -1.52. The third-order valence-corrected chi connectivity index (χ3v) is 5.14. The van der Waals surface area contributed by atoms with Crippen LogP contribution in [0.15, 0.2) is 11.0 Å². The lowest BCUT2D eigenvalue weighted by Crippen LogP contribution is -2.28. The summed E-state index contributed by atoms with van der Waals surface area (Å²) in [4.78, 5) is 11.2. The van der Waals surface area contributed by atoms with E-state index in [4.69, 9.17) is 16.3 Å². The van der Waals surface area contributed by atoms with Gasteiger partial charge in [-0.15, -0.1) is 0 Å². The maximum absolute atomic E-state index is 14.6. The number of benzene rings is 1. The lowest BCUT2D eigenvalue weighted by atomic mass is 10.2. The molecule has 0 radical (unpaired) electrons. The van der Waals surface area contributed by atoms with Crippen LogP contribution in [-0.4, -0.2) is 38.5 Å². The van der Waals surface area contributed by atoms with Gasteiger partial charge < -0.3 is 4.74 Å². The highest BCUT2D eigenvalue weighted by atomic mass is 35.5. The molecule has 0 aliphatic heterocycles. The van der Waals surface area contributed by atoms with Gasteiger partial charge in [0, 0.05) is 19.1 Å². The Morgan fingerprint density at radius 2 is 1.87 bits per heavy atom. The van der Waals surface area contributed by atoms with Crippen molar-refractivity contribution in [3.8, 4) is 0 Å². The molecule has 0 unspecified atom stereocenters. The Labute approximate surface area is 140 Å². The van der Waals surface area contributed by atoms with Crippen LogP contribution in [0.4, 0.5) is 14.9 Å². The molecule has 0 aliphatic carbocycles. The Morgan fingerprint density at radius 1 is 1.35 bits per heavy atom. The van der Waals surface area contributed by atoms with Gasteiger partial charge in [-0.1, -0.05) is 11.6 Å². The molecule has 1 aromatic carbocycles. The van der Waals surface area contributed by atoms with Crippen molar-refractivity contribution in [3.05, 3.63) is 22.5 Å². The van der Waals surface area contributed by atoms with Crippen LogP contribution in [0.2, 0.25) is 5.02 Å². The highest BCUT2D eigenvalue weighted by Crippen LogP contribution is 2.33. The monoisotopic (exact) mass is 366 g/mol. The van der Waals surface area contributed by atoms with Crippen LogP contribution in [-0.2, 0) is 14.8 Å². The number of ether oxygens (including phenoxy) is 1. The largest absolute Gasteiger partial charge is 0.444 e. The molecule has 0 saturated heterocycles. The van der Waals surface area contributed by atoms with Crippen LogP contribution in [0.5, 0.6) is 0 Å². The zero-order valence-corrected chi connectivity index (χ0v) is 15.4. The maximum Gasteiger partial charge on any atom is 0.412 e. The van der Waals surface area contributed by atoms with E-state index in [1.807, 2.05) is 0 Å². The van der Waals surface area contributed by atoms with E-state index in [1.54, 1.807) is 20.8 Å². The Balaban J connectivity index is 3.39. The molecule has 0 saturated carbocycles. The summed E-state index contributed by atoms with van der Waals surface area (Å²) >= 11 is 5.98. The van der Waals surface area contributed by atoms with Crippen LogP contribution in [0.25, 0.3) is 0 Å². The smallest absolute Gasteiger partial charge is 0.412 e. The number of rotatable bonds is 3. The first kappa shape index (κ1) is 19.7. The van der Waals surface area contributed by atoms with E-state index in [0.29, 0.717) is 0 Å². The van der Waals surface area contributed by atoms with Crippen molar-refractivity contribution in [2.45, 2.75) is 38.2 Å². The fourth-order valence-electron chi connectivity index (χ4n) is 1.69. The van der Waals surface area contributed by atoms with Gasteiger partial charge in [0.25, 0.3) is 0 Å². The van der Waals surface area contributed by atoms with Gasteiger partial charge in [-0.05, 0) is 39.3 Å². The summed E-state index contributed by atoms with van der Waals surface area (Å²) in [6, 6.07) is 1.14. The Hall–Kier alpha value is -1.38. The van der Waals surface area contributed by atoms with E-state index in [9.17, 15) is 17.6 Å². The number of halogens is 2. The van der Waals surface area contributed by atoms with Crippen LogP contribution >= 0.6 is 11.6 Å². The fourth-order valence-corrected chi connectivity index (χ4v) is 3.15. The van der Waals surface area contributed by atoms with Crippen molar-refractivity contribution >= 4 is 33.4 Å². The number of hydrogen-bond acceptors (Lipinski definition) is 4. The fraction of sp³-hybridized carbons (Fsp3) is 0.500. The maximum atomic E-state index is 14.6. The van der Waals surface area contributed by atoms with Gasteiger partial charge in [0.1, 0.15) is 10.5 Å². The van der Waals surface area contributed by atoms with Crippen molar-refractivity contribution in [2.24, 2.45) is 0 Å². The quantitative estimate of drug-likeness (QED) is 0.889. The molecule has 0 atom stereocenters. The molecule has 0 spiro atoms. The SMILES string of the molecule is Cc1c(Cl)cc(NC(=O)OC(C)(C)C)c(F)c1S(=O)(=O)N(C)C. The molecule has 23 heavy (non-hydrogen) atoms. The highest BCUT2D eigenvalue weighted by molar-refractivity contribution is 7.89. The van der Waals surface area contributed by atoms with Gasteiger partial charge in [0.2, 0.25) is 10.0 Å². The van der Waals surface area contributed by atoms with E-state index in [1.165, 1.54) is 21.0 Å². The lowest BCUT2D eigenvalue weighted by molar-refractivity contribution is 0.0635. The van der Waals surface area contributed by atoms with Gasteiger partial charge in [-0.25, -0.2) is 21.9 Å². The standard InChI is InChI=1S/C14H20ClFN2O4S/c1-8-9(15)7-10(17-13(19)22-14(2,3)4)11(16)12(8)23(20,21)18(5)6/h7H,1-6H3,(H,17,19). The first-order chi connectivity index (χ1) is 10.3. The number of amides is 1. The van der Waals surface area contributed by atoms with Gasteiger partial charge in [-0.2, -0.15) is 0 Å². The molecule has 1 amide bonds. The van der Waals surface area contributed by atoms with E-state index < -0.39 is 32.4 Å². The third kappa shape index (κ3) is 4.55. The molecule has 1 aromatic rings. The van der Waals surface area contributed by atoms with Crippen LogP contribution in [0, 0.1) is 12.7 Å². The Bertz CT molecular complexity index is 727. The summed E-state index contributed by atoms with van der Waals surface area (Å²) in [5, 5.41) is 2.19. The van der Waals surface area contributed by atoms with Crippen molar-refractivity contribution in [1.29, 1.82) is 0 Å². The molecular formula is C14H20ClFN2O4S. The number of hydrogen-bond donors (Lipinski definition) is 1. The first-order valence-electron chi connectivity index (χ1n) is 6.68. The zero-order valence-electron chi connectivity index (χ0n) is 13.8. The van der Waals surface area contributed by atoms with Crippen molar-refractivity contribution < 1.29 is 22.3 Å². The van der Waals surface area contributed by atoms with Gasteiger partial charge in [0.05, 0.1) is 5.69 Å². The van der Waals surface area contributed by atoms with Gasteiger partial charge in [-0.3, -0.25) is 5.32 Å². The van der Waals surface area contributed by atoms with Crippen LogP contribution in [0.1, 0.15) is 26.3 Å². The molecule has 1 N–H and O–H groups in total. The molecular weight excluding hydrogens is 347 g/mol. The molecule has 0 bridgehead atoms. The van der Waals surface area contributed by atoms with Crippen molar-refractivity contribution in [1.82, 2.24) is 4.31 Å². The Kier molecular flexibility index (Phi) is 5.66. The molecule has 6 nitrogen and oxygen atoms in total. The second kappa shape index (κ2) is 6.62. The summed E-state index contributed by atoms with van der Waals surface area (Å²) in [5.41, 5.74) is -1.09. The number of anilines is 1.